The van der Waals surface area contributed by atoms with E-state index in [4.69, 9.17) is 17.2 Å². The first kappa shape index (κ1) is 15.7. The predicted octanol–water partition coefficient (Wildman–Crippen LogP) is 1.41. The number of guanidine groups is 2. The average Bonchev–Trinajstić information content (AvgIpc) is 2.26. The number of ketones is 1. The van der Waals surface area contributed by atoms with Crippen molar-refractivity contribution in [2.45, 2.75) is 33.1 Å². The highest BCUT2D eigenvalue weighted by Crippen LogP contribution is 2.32. The molecule has 1 aromatic carbocycles. The van der Waals surface area contributed by atoms with Crippen molar-refractivity contribution < 1.29 is 4.79 Å². The second kappa shape index (κ2) is 5.73. The Balaban J connectivity index is 3.40. The lowest BCUT2D eigenvalue weighted by molar-refractivity contribution is 0.101. The molecule has 6 heteroatoms. The molecule has 0 amide bonds. The Labute approximate surface area is 118 Å². The van der Waals surface area contributed by atoms with E-state index in [9.17, 15) is 4.79 Å². The van der Waals surface area contributed by atoms with Gasteiger partial charge in [-0.2, -0.15) is 4.99 Å². The van der Waals surface area contributed by atoms with Crippen molar-refractivity contribution in [1.82, 2.24) is 0 Å². The number of nitrogens with zero attached hydrogens (tertiary/aromatic N) is 2. The van der Waals surface area contributed by atoms with Gasteiger partial charge >= 0.3 is 0 Å². The first-order valence-electron chi connectivity index (χ1n) is 6.20. The number of Topliss-reactive ketones (excluding diaryl/α,β-unsaturated/α-hetero) is 1. The molecule has 20 heavy (non-hydrogen) atoms. The van der Waals surface area contributed by atoms with Gasteiger partial charge in [0.05, 0.1) is 5.69 Å². The molecule has 0 unspecified atom stereocenters. The zero-order valence-corrected chi connectivity index (χ0v) is 12.3. The van der Waals surface area contributed by atoms with Crippen LogP contribution in [0.15, 0.2) is 28.2 Å². The van der Waals surface area contributed by atoms with Crippen LogP contribution in [0.25, 0.3) is 0 Å². The highest BCUT2D eigenvalue weighted by molar-refractivity contribution is 5.96. The maximum Gasteiger partial charge on any atom is 0.223 e. The fourth-order valence-electron chi connectivity index (χ4n) is 1.73. The van der Waals surface area contributed by atoms with Crippen molar-refractivity contribution in [1.29, 1.82) is 0 Å². The molecule has 6 N–H and O–H groups in total. The zero-order valence-electron chi connectivity index (χ0n) is 12.3. The summed E-state index contributed by atoms with van der Waals surface area (Å²) < 4.78 is 0. The van der Waals surface area contributed by atoms with Gasteiger partial charge in [0.25, 0.3) is 0 Å². The van der Waals surface area contributed by atoms with Crippen LogP contribution >= 0.6 is 0 Å². The smallest absolute Gasteiger partial charge is 0.223 e. The van der Waals surface area contributed by atoms with E-state index in [-0.39, 0.29) is 23.1 Å². The van der Waals surface area contributed by atoms with Gasteiger partial charge < -0.3 is 17.2 Å². The van der Waals surface area contributed by atoms with Crippen LogP contribution in [-0.4, -0.2) is 17.7 Å². The van der Waals surface area contributed by atoms with Crippen molar-refractivity contribution in [2.75, 3.05) is 0 Å². The Bertz CT molecular complexity index is 578. The first-order chi connectivity index (χ1) is 9.11. The predicted molar refractivity (Wildman–Crippen MR) is 82.2 cm³/mol. The molecule has 0 saturated carbocycles. The highest BCUT2D eigenvalue weighted by atomic mass is 16.1. The molecule has 0 heterocycles. The summed E-state index contributed by atoms with van der Waals surface area (Å²) in [5, 5.41) is 0. The van der Waals surface area contributed by atoms with Gasteiger partial charge in [-0.1, -0.05) is 20.8 Å². The molecular weight excluding hydrogens is 254 g/mol. The number of nitrogens with two attached hydrogens (primary N) is 3. The fourth-order valence-corrected chi connectivity index (χ4v) is 1.73. The van der Waals surface area contributed by atoms with Crippen molar-refractivity contribution in [3.63, 3.8) is 0 Å². The highest BCUT2D eigenvalue weighted by Gasteiger charge is 2.19. The van der Waals surface area contributed by atoms with Crippen molar-refractivity contribution in [2.24, 2.45) is 27.2 Å². The number of benzene rings is 1. The van der Waals surface area contributed by atoms with E-state index in [0.29, 0.717) is 11.3 Å². The van der Waals surface area contributed by atoms with E-state index in [1.807, 2.05) is 26.8 Å². The Morgan fingerprint density at radius 3 is 2.20 bits per heavy atom. The Morgan fingerprint density at radius 1 is 1.15 bits per heavy atom. The first-order valence-corrected chi connectivity index (χ1v) is 6.20. The van der Waals surface area contributed by atoms with Gasteiger partial charge in [-0.3, -0.25) is 4.79 Å². The van der Waals surface area contributed by atoms with Gasteiger partial charge in [0, 0.05) is 5.56 Å². The van der Waals surface area contributed by atoms with Crippen LogP contribution in [0, 0.1) is 0 Å². The van der Waals surface area contributed by atoms with Crippen molar-refractivity contribution >= 4 is 23.4 Å². The quantitative estimate of drug-likeness (QED) is 0.429. The number of rotatable bonds is 2. The SMILES string of the molecule is CC(=O)c1ccc(N=C(N)N=C(N)N)c(C(C)(C)C)c1. The lowest BCUT2D eigenvalue weighted by Crippen LogP contribution is -2.26. The van der Waals surface area contributed by atoms with Gasteiger partial charge in [-0.25, -0.2) is 4.99 Å². The van der Waals surface area contributed by atoms with Crippen LogP contribution in [0.5, 0.6) is 0 Å². The Hall–Kier alpha value is -2.37. The van der Waals surface area contributed by atoms with E-state index in [1.165, 1.54) is 6.92 Å². The molecule has 0 atom stereocenters. The molecule has 0 aliphatic carbocycles. The van der Waals surface area contributed by atoms with Crippen molar-refractivity contribution in [3.8, 4) is 0 Å². The van der Waals surface area contributed by atoms with Gasteiger partial charge in [-0.05, 0) is 36.1 Å². The minimum absolute atomic E-state index is 0.00299. The maximum atomic E-state index is 11.5. The number of carbonyl (C=O) groups is 1. The summed E-state index contributed by atoms with van der Waals surface area (Å²) in [5.41, 5.74) is 18.2. The van der Waals surface area contributed by atoms with Gasteiger partial charge in [0.1, 0.15) is 0 Å². The summed E-state index contributed by atoms with van der Waals surface area (Å²) >= 11 is 0. The third-order valence-corrected chi connectivity index (χ3v) is 2.69. The minimum Gasteiger partial charge on any atom is -0.370 e. The largest absolute Gasteiger partial charge is 0.370 e. The van der Waals surface area contributed by atoms with Gasteiger partial charge in [0.2, 0.25) is 5.96 Å². The van der Waals surface area contributed by atoms with Crippen LogP contribution in [0.4, 0.5) is 5.69 Å². The van der Waals surface area contributed by atoms with Crippen LogP contribution < -0.4 is 17.2 Å². The summed E-state index contributed by atoms with van der Waals surface area (Å²) in [4.78, 5) is 19.4. The van der Waals surface area contributed by atoms with E-state index in [1.54, 1.807) is 12.1 Å². The topological polar surface area (TPSA) is 120 Å². The molecule has 1 aromatic rings. The monoisotopic (exact) mass is 275 g/mol. The molecule has 0 spiro atoms. The molecular formula is C14H21N5O. The number of hydrogen-bond acceptors (Lipinski definition) is 2. The van der Waals surface area contributed by atoms with E-state index in [2.05, 4.69) is 9.98 Å². The molecule has 108 valence electrons. The number of carbonyl (C=O) groups excluding carboxylic acids is 1. The van der Waals surface area contributed by atoms with E-state index < -0.39 is 0 Å². The molecule has 6 nitrogen and oxygen atoms in total. The third-order valence-electron chi connectivity index (χ3n) is 2.69. The normalized spacial score (nSPS) is 12.1. The molecule has 0 fully saturated rings. The van der Waals surface area contributed by atoms with Crippen LogP contribution in [0.1, 0.15) is 43.6 Å². The molecule has 0 bridgehead atoms. The Morgan fingerprint density at radius 2 is 1.75 bits per heavy atom. The number of hydrogen-bond donors (Lipinski definition) is 3. The average molecular weight is 275 g/mol. The van der Waals surface area contributed by atoms with Crippen LogP contribution in [-0.2, 0) is 5.41 Å². The Kier molecular flexibility index (Phi) is 4.49. The minimum atomic E-state index is -0.192. The fraction of sp³-hybridized carbons (Fsp3) is 0.357. The molecule has 1 rings (SSSR count). The summed E-state index contributed by atoms with van der Waals surface area (Å²) in [6, 6.07) is 5.27. The second-order valence-electron chi connectivity index (χ2n) is 5.54. The second-order valence-corrected chi connectivity index (χ2v) is 5.54. The molecule has 0 aliphatic heterocycles. The standard InChI is InChI=1S/C14H21N5O/c1-8(20)9-5-6-11(10(7-9)14(2,3)4)18-13(17)19-12(15)16/h5-7H,1-4H3,(H6,15,16,17,18,19). The molecule has 0 radical (unpaired) electrons. The summed E-state index contributed by atoms with van der Waals surface area (Å²) in [5.74, 6) is -0.168. The molecule has 0 saturated heterocycles. The van der Waals surface area contributed by atoms with Gasteiger partial charge in [-0.15, -0.1) is 0 Å². The van der Waals surface area contributed by atoms with E-state index >= 15 is 0 Å². The maximum absolute atomic E-state index is 11.5. The molecule has 0 aliphatic rings. The zero-order chi connectivity index (χ0) is 15.5. The number of aliphatic imine (C=N–C) groups is 2. The van der Waals surface area contributed by atoms with Gasteiger partial charge in [0.15, 0.2) is 11.7 Å². The molecule has 0 aromatic heterocycles. The van der Waals surface area contributed by atoms with Crippen LogP contribution in [0.2, 0.25) is 0 Å². The third kappa shape index (κ3) is 4.08. The lowest BCUT2D eigenvalue weighted by atomic mass is 9.84. The summed E-state index contributed by atoms with van der Waals surface area (Å²) in [7, 11) is 0. The van der Waals surface area contributed by atoms with Crippen molar-refractivity contribution in [3.05, 3.63) is 29.3 Å². The summed E-state index contributed by atoms with van der Waals surface area (Å²) in [6.07, 6.45) is 0. The lowest BCUT2D eigenvalue weighted by Gasteiger charge is -2.21. The summed E-state index contributed by atoms with van der Waals surface area (Å²) in [6.45, 7) is 7.62. The van der Waals surface area contributed by atoms with Crippen LogP contribution in [0.3, 0.4) is 0 Å². The van der Waals surface area contributed by atoms with E-state index in [0.717, 1.165) is 5.56 Å².